The number of nitrogens with one attached hydrogen (secondary N) is 1. The van der Waals surface area contributed by atoms with Crippen molar-refractivity contribution in [3.63, 3.8) is 0 Å². The maximum Gasteiger partial charge on any atom is 0.416 e. The summed E-state index contributed by atoms with van der Waals surface area (Å²) in [7, 11) is 1.31. The SMILES string of the molecule is COC(=O)c1ccc(-c2ccc(/C=N/Nc3ccc(C(F)(F)F)cc3)o2)cc1. The molecule has 2 aromatic carbocycles. The van der Waals surface area contributed by atoms with E-state index >= 15 is 0 Å². The van der Waals surface area contributed by atoms with Gasteiger partial charge in [-0.25, -0.2) is 4.79 Å². The Kier molecular flexibility index (Phi) is 5.49. The van der Waals surface area contributed by atoms with Gasteiger partial charge < -0.3 is 9.15 Å². The molecule has 1 N–H and O–H groups in total. The Hall–Kier alpha value is -3.55. The van der Waals surface area contributed by atoms with Crippen LogP contribution >= 0.6 is 0 Å². The Morgan fingerprint density at radius 3 is 2.32 bits per heavy atom. The smallest absolute Gasteiger partial charge is 0.416 e. The molecule has 0 unspecified atom stereocenters. The second-order valence-electron chi connectivity index (χ2n) is 5.72. The number of methoxy groups -OCH3 is 1. The molecule has 1 heterocycles. The third kappa shape index (κ3) is 4.59. The molecule has 0 aliphatic carbocycles. The number of benzene rings is 2. The van der Waals surface area contributed by atoms with Gasteiger partial charge in [0.15, 0.2) is 0 Å². The van der Waals surface area contributed by atoms with E-state index in [-0.39, 0.29) is 0 Å². The van der Waals surface area contributed by atoms with Gasteiger partial charge in [-0.2, -0.15) is 18.3 Å². The highest BCUT2D eigenvalue weighted by molar-refractivity contribution is 5.89. The molecular weight excluding hydrogens is 373 g/mol. The van der Waals surface area contributed by atoms with E-state index in [2.05, 4.69) is 15.3 Å². The van der Waals surface area contributed by atoms with E-state index in [1.165, 1.54) is 25.5 Å². The number of hydrogen-bond acceptors (Lipinski definition) is 5. The van der Waals surface area contributed by atoms with Crippen molar-refractivity contribution in [2.75, 3.05) is 12.5 Å². The van der Waals surface area contributed by atoms with Crippen molar-refractivity contribution in [3.8, 4) is 11.3 Å². The Morgan fingerprint density at radius 2 is 1.71 bits per heavy atom. The molecule has 0 aliphatic heterocycles. The monoisotopic (exact) mass is 388 g/mol. The van der Waals surface area contributed by atoms with Gasteiger partial charge in [0.25, 0.3) is 0 Å². The van der Waals surface area contributed by atoms with Crippen LogP contribution in [-0.4, -0.2) is 19.3 Å². The van der Waals surface area contributed by atoms with Crippen LogP contribution in [0.25, 0.3) is 11.3 Å². The number of furan rings is 1. The number of halogens is 3. The summed E-state index contributed by atoms with van der Waals surface area (Å²) in [6, 6.07) is 14.7. The van der Waals surface area contributed by atoms with Gasteiger partial charge in [-0.15, -0.1) is 0 Å². The van der Waals surface area contributed by atoms with Crippen LogP contribution in [0.4, 0.5) is 18.9 Å². The van der Waals surface area contributed by atoms with Gasteiger partial charge in [-0.05, 0) is 48.5 Å². The highest BCUT2D eigenvalue weighted by Gasteiger charge is 2.29. The molecule has 0 bridgehead atoms. The van der Waals surface area contributed by atoms with Gasteiger partial charge >= 0.3 is 12.1 Å². The molecule has 0 saturated heterocycles. The minimum absolute atomic E-state index is 0.412. The van der Waals surface area contributed by atoms with Crippen LogP contribution in [-0.2, 0) is 10.9 Å². The van der Waals surface area contributed by atoms with E-state index in [1.807, 2.05) is 0 Å². The van der Waals surface area contributed by atoms with E-state index in [9.17, 15) is 18.0 Å². The first-order valence-electron chi connectivity index (χ1n) is 8.12. The van der Waals surface area contributed by atoms with Gasteiger partial charge in [-0.1, -0.05) is 12.1 Å². The molecule has 0 saturated carbocycles. The molecule has 3 rings (SSSR count). The van der Waals surface area contributed by atoms with Gasteiger partial charge in [0, 0.05) is 5.56 Å². The van der Waals surface area contributed by atoms with Crippen molar-refractivity contribution in [2.45, 2.75) is 6.18 Å². The molecule has 3 aromatic rings. The molecule has 8 heteroatoms. The lowest BCUT2D eigenvalue weighted by atomic mass is 10.1. The molecule has 0 radical (unpaired) electrons. The molecule has 1 aromatic heterocycles. The highest BCUT2D eigenvalue weighted by atomic mass is 19.4. The lowest BCUT2D eigenvalue weighted by Crippen LogP contribution is -2.04. The number of anilines is 1. The zero-order chi connectivity index (χ0) is 20.1. The van der Waals surface area contributed by atoms with Crippen LogP contribution in [0.2, 0.25) is 0 Å². The quantitative estimate of drug-likeness (QED) is 0.371. The number of hydrogen-bond donors (Lipinski definition) is 1. The van der Waals surface area contributed by atoms with Crippen molar-refractivity contribution in [3.05, 3.63) is 77.6 Å². The molecule has 5 nitrogen and oxygen atoms in total. The Labute approximate surface area is 158 Å². The topological polar surface area (TPSA) is 63.8 Å². The minimum Gasteiger partial charge on any atom is -0.465 e. The summed E-state index contributed by atoms with van der Waals surface area (Å²) in [6.45, 7) is 0. The molecule has 0 aliphatic rings. The van der Waals surface area contributed by atoms with Crippen LogP contribution in [0.5, 0.6) is 0 Å². The number of hydrazone groups is 1. The minimum atomic E-state index is -4.37. The van der Waals surface area contributed by atoms with E-state index in [0.717, 1.165) is 17.7 Å². The number of alkyl halides is 3. The molecule has 0 atom stereocenters. The third-order valence-electron chi connectivity index (χ3n) is 3.81. The maximum atomic E-state index is 12.5. The first kappa shape index (κ1) is 19.2. The zero-order valence-corrected chi connectivity index (χ0v) is 14.7. The first-order chi connectivity index (χ1) is 13.4. The van der Waals surface area contributed by atoms with Crippen LogP contribution in [0.3, 0.4) is 0 Å². The Morgan fingerprint density at radius 1 is 1.04 bits per heavy atom. The number of ether oxygens (including phenoxy) is 1. The van der Waals surface area contributed by atoms with Gasteiger partial charge in [0.2, 0.25) is 0 Å². The first-order valence-corrected chi connectivity index (χ1v) is 8.12. The molecule has 144 valence electrons. The van der Waals surface area contributed by atoms with E-state index in [4.69, 9.17) is 4.42 Å². The fourth-order valence-electron chi connectivity index (χ4n) is 2.37. The van der Waals surface area contributed by atoms with Crippen LogP contribution in [0.15, 0.2) is 70.2 Å². The second-order valence-corrected chi connectivity index (χ2v) is 5.72. The second kappa shape index (κ2) is 7.99. The van der Waals surface area contributed by atoms with Gasteiger partial charge in [-0.3, -0.25) is 5.43 Å². The van der Waals surface area contributed by atoms with Crippen LogP contribution in [0, 0.1) is 0 Å². The number of nitrogens with zero attached hydrogens (tertiary/aromatic N) is 1. The third-order valence-corrected chi connectivity index (χ3v) is 3.81. The summed E-state index contributed by atoms with van der Waals surface area (Å²) >= 11 is 0. The predicted molar refractivity (Wildman–Crippen MR) is 98.1 cm³/mol. The summed E-state index contributed by atoms with van der Waals surface area (Å²) < 4.78 is 47.9. The summed E-state index contributed by atoms with van der Waals surface area (Å²) in [6.07, 6.45) is -2.97. The van der Waals surface area contributed by atoms with Crippen LogP contribution in [0.1, 0.15) is 21.7 Å². The van der Waals surface area contributed by atoms with Gasteiger partial charge in [0.05, 0.1) is 30.1 Å². The summed E-state index contributed by atoms with van der Waals surface area (Å²) in [5.74, 6) is 0.604. The average Bonchev–Trinajstić information content (AvgIpc) is 3.16. The summed E-state index contributed by atoms with van der Waals surface area (Å²) in [5.41, 5.74) is 3.52. The average molecular weight is 388 g/mol. The fraction of sp³-hybridized carbons (Fsp3) is 0.100. The molecule has 28 heavy (non-hydrogen) atoms. The van der Waals surface area contributed by atoms with E-state index in [1.54, 1.807) is 36.4 Å². The van der Waals surface area contributed by atoms with Crippen molar-refractivity contribution < 1.29 is 27.1 Å². The largest absolute Gasteiger partial charge is 0.465 e. The highest BCUT2D eigenvalue weighted by Crippen LogP contribution is 2.29. The zero-order valence-electron chi connectivity index (χ0n) is 14.7. The van der Waals surface area contributed by atoms with Crippen molar-refractivity contribution in [1.82, 2.24) is 0 Å². The van der Waals surface area contributed by atoms with Crippen molar-refractivity contribution in [1.29, 1.82) is 0 Å². The lowest BCUT2D eigenvalue weighted by molar-refractivity contribution is -0.137. The lowest BCUT2D eigenvalue weighted by Gasteiger charge is -2.06. The number of carbonyl (C=O) groups is 1. The molecular formula is C20H15F3N2O3. The molecule has 0 fully saturated rings. The van der Waals surface area contributed by atoms with Crippen molar-refractivity contribution >= 4 is 17.9 Å². The van der Waals surface area contributed by atoms with Crippen LogP contribution < -0.4 is 5.43 Å². The maximum absolute atomic E-state index is 12.5. The number of esters is 1. The fourth-order valence-corrected chi connectivity index (χ4v) is 2.37. The van der Waals surface area contributed by atoms with Gasteiger partial charge in [0.1, 0.15) is 11.5 Å². The standard InChI is InChI=1S/C20H15F3N2O3/c1-27-19(26)14-4-2-13(3-5-14)18-11-10-17(28-18)12-24-25-16-8-6-15(7-9-16)20(21,22)23/h2-12,25H,1H3/b24-12+. The Balaban J connectivity index is 1.63. The Bertz CT molecular complexity index is 975. The predicted octanol–water partition coefficient (Wildman–Crippen LogP) is 5.20. The van der Waals surface area contributed by atoms with Crippen molar-refractivity contribution in [2.24, 2.45) is 5.10 Å². The van der Waals surface area contributed by atoms with E-state index in [0.29, 0.717) is 22.8 Å². The number of rotatable bonds is 5. The molecule has 0 spiro atoms. The summed E-state index contributed by atoms with van der Waals surface area (Å²) in [5, 5.41) is 3.95. The molecule has 0 amide bonds. The van der Waals surface area contributed by atoms with E-state index < -0.39 is 17.7 Å². The normalized spacial score (nSPS) is 11.6. The summed E-state index contributed by atoms with van der Waals surface area (Å²) in [4.78, 5) is 11.4. The number of carbonyl (C=O) groups excluding carboxylic acids is 1.